The Labute approximate surface area is 108 Å². The fraction of sp³-hybridized carbons (Fsp3) is 0.714. The van der Waals surface area contributed by atoms with Crippen LogP contribution in [-0.4, -0.2) is 21.4 Å². The van der Waals surface area contributed by atoms with Crippen molar-refractivity contribution >= 4 is 5.97 Å². The van der Waals surface area contributed by atoms with E-state index in [4.69, 9.17) is 4.74 Å². The Morgan fingerprint density at radius 3 is 2.61 bits per heavy atom. The first kappa shape index (κ1) is 13.1. The van der Waals surface area contributed by atoms with Gasteiger partial charge >= 0.3 is 5.97 Å². The number of hydrogen-bond acceptors (Lipinski definition) is 3. The highest BCUT2D eigenvalue weighted by Gasteiger charge is 2.21. The molecule has 0 atom stereocenters. The van der Waals surface area contributed by atoms with Crippen LogP contribution in [0, 0.1) is 0 Å². The summed E-state index contributed by atoms with van der Waals surface area (Å²) in [5, 5.41) is 4.31. The first-order valence-electron chi connectivity index (χ1n) is 6.73. The van der Waals surface area contributed by atoms with E-state index in [0.29, 0.717) is 11.6 Å². The largest absolute Gasteiger partial charge is 0.456 e. The summed E-state index contributed by atoms with van der Waals surface area (Å²) in [4.78, 5) is 11.9. The fourth-order valence-electron chi connectivity index (χ4n) is 2.33. The van der Waals surface area contributed by atoms with E-state index in [2.05, 4.69) is 5.10 Å². The molecule has 0 bridgehead atoms. The van der Waals surface area contributed by atoms with Crippen molar-refractivity contribution in [3.8, 4) is 0 Å². The van der Waals surface area contributed by atoms with Crippen molar-refractivity contribution in [2.75, 3.05) is 0 Å². The van der Waals surface area contributed by atoms with Gasteiger partial charge in [-0.3, -0.25) is 4.68 Å². The normalized spacial score (nSPS) is 17.7. The van der Waals surface area contributed by atoms with Crippen LogP contribution >= 0.6 is 0 Å². The van der Waals surface area contributed by atoms with Crippen LogP contribution in [0.2, 0.25) is 0 Å². The molecule has 1 aliphatic rings. The van der Waals surface area contributed by atoms with E-state index in [1.54, 1.807) is 6.20 Å². The second-order valence-electron chi connectivity index (χ2n) is 6.00. The van der Waals surface area contributed by atoms with Crippen LogP contribution in [0.4, 0.5) is 0 Å². The third kappa shape index (κ3) is 3.34. The molecule has 1 saturated carbocycles. The summed E-state index contributed by atoms with van der Waals surface area (Å²) in [5.41, 5.74) is 0.0970. The fourth-order valence-corrected chi connectivity index (χ4v) is 2.33. The number of esters is 1. The third-order valence-electron chi connectivity index (χ3n) is 3.18. The molecular formula is C14H22N2O2. The molecule has 100 valence electrons. The standard InChI is InChI=1S/C14H22N2O2/c1-14(2,3)18-13(17)11-9-15-16(10-11)12-7-5-4-6-8-12/h9-10,12H,4-8H2,1-3H3. The molecule has 1 fully saturated rings. The second-order valence-corrected chi connectivity index (χ2v) is 6.00. The maximum absolute atomic E-state index is 11.9. The van der Waals surface area contributed by atoms with Gasteiger partial charge in [0.15, 0.2) is 0 Å². The molecule has 18 heavy (non-hydrogen) atoms. The Balaban J connectivity index is 2.03. The molecule has 1 aromatic rings. The minimum atomic E-state index is -0.454. The van der Waals surface area contributed by atoms with Gasteiger partial charge in [-0.25, -0.2) is 4.79 Å². The zero-order chi connectivity index (χ0) is 13.2. The topological polar surface area (TPSA) is 44.1 Å². The van der Waals surface area contributed by atoms with E-state index >= 15 is 0 Å². The molecule has 4 heteroatoms. The Kier molecular flexibility index (Phi) is 3.73. The van der Waals surface area contributed by atoms with Crippen LogP contribution in [0.15, 0.2) is 12.4 Å². The Hall–Kier alpha value is -1.32. The lowest BCUT2D eigenvalue weighted by Crippen LogP contribution is -2.23. The molecule has 1 heterocycles. The molecular weight excluding hydrogens is 228 g/mol. The maximum Gasteiger partial charge on any atom is 0.341 e. The van der Waals surface area contributed by atoms with E-state index in [1.807, 2.05) is 31.6 Å². The lowest BCUT2D eigenvalue weighted by molar-refractivity contribution is 0.00694. The summed E-state index contributed by atoms with van der Waals surface area (Å²) in [6, 6.07) is 0.454. The number of carbonyl (C=O) groups excluding carboxylic acids is 1. The van der Waals surface area contributed by atoms with Gasteiger partial charge in [0.25, 0.3) is 0 Å². The predicted octanol–water partition coefficient (Wildman–Crippen LogP) is 3.34. The van der Waals surface area contributed by atoms with Crippen molar-refractivity contribution in [2.45, 2.75) is 64.5 Å². The molecule has 0 radical (unpaired) electrons. The molecule has 0 N–H and O–H groups in total. The minimum absolute atomic E-state index is 0.287. The molecule has 0 spiro atoms. The van der Waals surface area contributed by atoms with Crippen LogP contribution in [-0.2, 0) is 4.74 Å². The highest BCUT2D eigenvalue weighted by atomic mass is 16.6. The first-order chi connectivity index (χ1) is 8.46. The molecule has 0 aromatic carbocycles. The van der Waals surface area contributed by atoms with Gasteiger partial charge in [-0.1, -0.05) is 19.3 Å². The van der Waals surface area contributed by atoms with Gasteiger partial charge in [0, 0.05) is 6.20 Å². The smallest absolute Gasteiger partial charge is 0.341 e. The summed E-state index contributed by atoms with van der Waals surface area (Å²) in [7, 11) is 0. The first-order valence-corrected chi connectivity index (χ1v) is 6.73. The molecule has 0 saturated heterocycles. The van der Waals surface area contributed by atoms with E-state index in [9.17, 15) is 4.79 Å². The van der Waals surface area contributed by atoms with Crippen molar-refractivity contribution in [3.63, 3.8) is 0 Å². The number of nitrogens with zero attached hydrogens (tertiary/aromatic N) is 2. The molecule has 0 unspecified atom stereocenters. The van der Waals surface area contributed by atoms with Gasteiger partial charge in [0.1, 0.15) is 5.60 Å². The van der Waals surface area contributed by atoms with Crippen molar-refractivity contribution in [1.82, 2.24) is 9.78 Å². The summed E-state index contributed by atoms with van der Waals surface area (Å²) < 4.78 is 7.26. The van der Waals surface area contributed by atoms with Gasteiger partial charge in [0.05, 0.1) is 17.8 Å². The minimum Gasteiger partial charge on any atom is -0.456 e. The number of ether oxygens (including phenoxy) is 1. The van der Waals surface area contributed by atoms with Crippen LogP contribution in [0.25, 0.3) is 0 Å². The zero-order valence-electron chi connectivity index (χ0n) is 11.5. The monoisotopic (exact) mass is 250 g/mol. The number of hydrogen-bond donors (Lipinski definition) is 0. The highest BCUT2D eigenvalue weighted by molar-refractivity contribution is 5.89. The van der Waals surface area contributed by atoms with Gasteiger partial charge in [-0.05, 0) is 33.6 Å². The molecule has 2 rings (SSSR count). The van der Waals surface area contributed by atoms with Gasteiger partial charge in [0.2, 0.25) is 0 Å². The van der Waals surface area contributed by atoms with Crippen LogP contribution < -0.4 is 0 Å². The van der Waals surface area contributed by atoms with Gasteiger partial charge in [-0.2, -0.15) is 5.10 Å². The average molecular weight is 250 g/mol. The van der Waals surface area contributed by atoms with Crippen molar-refractivity contribution in [1.29, 1.82) is 0 Å². The van der Waals surface area contributed by atoms with Crippen LogP contribution in [0.1, 0.15) is 69.3 Å². The molecule has 0 amide bonds. The maximum atomic E-state index is 11.9. The second kappa shape index (κ2) is 5.12. The summed E-state index contributed by atoms with van der Waals surface area (Å²) in [6.45, 7) is 5.61. The van der Waals surface area contributed by atoms with E-state index in [1.165, 1.54) is 19.3 Å². The Bertz CT molecular complexity index is 412. The SMILES string of the molecule is CC(C)(C)OC(=O)c1cnn(C2CCCCC2)c1. The van der Waals surface area contributed by atoms with Crippen LogP contribution in [0.5, 0.6) is 0 Å². The van der Waals surface area contributed by atoms with Crippen LogP contribution in [0.3, 0.4) is 0 Å². The molecule has 4 nitrogen and oxygen atoms in total. The highest BCUT2D eigenvalue weighted by Crippen LogP contribution is 2.27. The summed E-state index contributed by atoms with van der Waals surface area (Å²) in [5.74, 6) is -0.287. The molecule has 0 aliphatic heterocycles. The molecule has 1 aliphatic carbocycles. The van der Waals surface area contributed by atoms with E-state index in [-0.39, 0.29) is 5.97 Å². The van der Waals surface area contributed by atoms with Gasteiger partial charge < -0.3 is 4.74 Å². The predicted molar refractivity (Wildman–Crippen MR) is 69.5 cm³/mol. The summed E-state index contributed by atoms with van der Waals surface area (Å²) in [6.07, 6.45) is 9.59. The lowest BCUT2D eigenvalue weighted by atomic mass is 9.96. The number of aromatic nitrogens is 2. The lowest BCUT2D eigenvalue weighted by Gasteiger charge is -2.21. The Morgan fingerprint density at radius 1 is 1.33 bits per heavy atom. The zero-order valence-corrected chi connectivity index (χ0v) is 11.5. The van der Waals surface area contributed by atoms with Gasteiger partial charge in [-0.15, -0.1) is 0 Å². The van der Waals surface area contributed by atoms with Crippen molar-refractivity contribution in [3.05, 3.63) is 18.0 Å². The van der Waals surface area contributed by atoms with E-state index < -0.39 is 5.60 Å². The average Bonchev–Trinajstić information content (AvgIpc) is 2.77. The third-order valence-corrected chi connectivity index (χ3v) is 3.18. The number of carbonyl (C=O) groups is 1. The molecule has 1 aromatic heterocycles. The Morgan fingerprint density at radius 2 is 2.00 bits per heavy atom. The van der Waals surface area contributed by atoms with Crippen molar-refractivity contribution in [2.24, 2.45) is 0 Å². The summed E-state index contributed by atoms with van der Waals surface area (Å²) >= 11 is 0. The number of rotatable bonds is 2. The van der Waals surface area contributed by atoms with Crippen molar-refractivity contribution < 1.29 is 9.53 Å². The quantitative estimate of drug-likeness (QED) is 0.756. The van der Waals surface area contributed by atoms with E-state index in [0.717, 1.165) is 12.8 Å².